The van der Waals surface area contributed by atoms with E-state index in [0.29, 0.717) is 12.4 Å². The predicted octanol–water partition coefficient (Wildman–Crippen LogP) is 2.97. The van der Waals surface area contributed by atoms with Crippen LogP contribution in [0.25, 0.3) is 0 Å². The third kappa shape index (κ3) is 2.94. The molecule has 2 aliphatic rings. The van der Waals surface area contributed by atoms with Gasteiger partial charge in [0.25, 0.3) is 0 Å². The first kappa shape index (κ1) is 14.0. The maximum absolute atomic E-state index is 12.8. The van der Waals surface area contributed by atoms with Gasteiger partial charge in [0.15, 0.2) is 5.78 Å². The molecule has 0 aromatic carbocycles. The van der Waals surface area contributed by atoms with Crippen LogP contribution >= 0.6 is 0 Å². The summed E-state index contributed by atoms with van der Waals surface area (Å²) in [6.07, 6.45) is 5.83. The predicted molar refractivity (Wildman–Crippen MR) is 70.5 cm³/mol. The number of rotatable bonds is 4. The topological polar surface area (TPSA) is 35.5 Å². The van der Waals surface area contributed by atoms with Gasteiger partial charge in [-0.3, -0.25) is 4.79 Å². The number of ether oxygens (including phenoxy) is 2. The van der Waals surface area contributed by atoms with E-state index >= 15 is 0 Å². The Morgan fingerprint density at radius 1 is 1.22 bits per heavy atom. The van der Waals surface area contributed by atoms with E-state index in [1.54, 1.807) is 0 Å². The Balaban J connectivity index is 2.05. The van der Waals surface area contributed by atoms with Gasteiger partial charge in [-0.15, -0.1) is 0 Å². The van der Waals surface area contributed by atoms with Crippen molar-refractivity contribution in [2.75, 3.05) is 19.8 Å². The Hall–Kier alpha value is -0.410. The van der Waals surface area contributed by atoms with Crippen molar-refractivity contribution in [1.82, 2.24) is 0 Å². The van der Waals surface area contributed by atoms with E-state index < -0.39 is 5.60 Å². The van der Waals surface area contributed by atoms with Crippen molar-refractivity contribution < 1.29 is 14.3 Å². The first-order valence-electron chi connectivity index (χ1n) is 7.44. The summed E-state index contributed by atoms with van der Waals surface area (Å²) in [6.45, 7) is 6.37. The van der Waals surface area contributed by atoms with Crippen LogP contribution in [0.15, 0.2) is 0 Å². The highest BCUT2D eigenvalue weighted by Gasteiger charge is 2.44. The zero-order chi connectivity index (χ0) is 13.0. The largest absolute Gasteiger partial charge is 0.381 e. The van der Waals surface area contributed by atoms with Crippen molar-refractivity contribution in [2.45, 2.75) is 58.0 Å². The number of Topliss-reactive ketones (excluding diaryl/α,β-unsaturated/α-hetero) is 1. The first-order valence-corrected chi connectivity index (χ1v) is 7.44. The minimum absolute atomic E-state index is 0.165. The van der Waals surface area contributed by atoms with Gasteiger partial charge < -0.3 is 9.47 Å². The van der Waals surface area contributed by atoms with Gasteiger partial charge in [-0.25, -0.2) is 0 Å². The van der Waals surface area contributed by atoms with Crippen molar-refractivity contribution in [2.24, 2.45) is 11.8 Å². The molecule has 0 aromatic heterocycles. The molecule has 0 unspecified atom stereocenters. The molecular formula is C15H26O3. The third-order valence-electron chi connectivity index (χ3n) is 4.54. The van der Waals surface area contributed by atoms with Crippen LogP contribution < -0.4 is 0 Å². The van der Waals surface area contributed by atoms with E-state index in [1.807, 2.05) is 6.92 Å². The number of carbonyl (C=O) groups is 1. The quantitative estimate of drug-likeness (QED) is 0.773. The van der Waals surface area contributed by atoms with Gasteiger partial charge >= 0.3 is 0 Å². The molecule has 3 heteroatoms. The summed E-state index contributed by atoms with van der Waals surface area (Å²) in [7, 11) is 0. The summed E-state index contributed by atoms with van der Waals surface area (Å²) in [4.78, 5) is 12.8. The lowest BCUT2D eigenvalue weighted by Crippen LogP contribution is -2.48. The second-order valence-electron chi connectivity index (χ2n) is 5.86. The average Bonchev–Trinajstić information content (AvgIpc) is 2.42. The van der Waals surface area contributed by atoms with E-state index in [4.69, 9.17) is 9.47 Å². The average molecular weight is 254 g/mol. The monoisotopic (exact) mass is 254 g/mol. The highest BCUT2D eigenvalue weighted by Crippen LogP contribution is 2.38. The fourth-order valence-corrected chi connectivity index (χ4v) is 3.30. The lowest BCUT2D eigenvalue weighted by molar-refractivity contribution is -0.157. The second kappa shape index (κ2) is 6.16. The lowest BCUT2D eigenvalue weighted by Gasteiger charge is -2.40. The molecule has 18 heavy (non-hydrogen) atoms. The summed E-state index contributed by atoms with van der Waals surface area (Å²) in [5.74, 6) is 1.26. The van der Waals surface area contributed by atoms with Gasteiger partial charge in [0.1, 0.15) is 5.60 Å². The van der Waals surface area contributed by atoms with Gasteiger partial charge in [0.2, 0.25) is 0 Å². The van der Waals surface area contributed by atoms with Crippen LogP contribution in [0.3, 0.4) is 0 Å². The number of hydrogen-bond acceptors (Lipinski definition) is 3. The molecular weight excluding hydrogens is 228 g/mol. The van der Waals surface area contributed by atoms with Crippen LogP contribution in [0.5, 0.6) is 0 Å². The van der Waals surface area contributed by atoms with Crippen LogP contribution in [-0.4, -0.2) is 31.2 Å². The highest BCUT2D eigenvalue weighted by atomic mass is 16.5. The smallest absolute Gasteiger partial charge is 0.167 e. The standard InChI is InChI=1S/C15H26O3/c1-3-18-15(8-4-12(2)5-9-15)14(16)13-6-10-17-11-7-13/h12-13H,3-11H2,1-2H3. The third-order valence-corrected chi connectivity index (χ3v) is 4.54. The molecule has 2 fully saturated rings. The Bertz CT molecular complexity index is 273. The van der Waals surface area contributed by atoms with E-state index in [-0.39, 0.29) is 5.92 Å². The summed E-state index contributed by atoms with van der Waals surface area (Å²) in [6, 6.07) is 0. The van der Waals surface area contributed by atoms with Crippen LogP contribution in [0.1, 0.15) is 52.4 Å². The molecule has 0 atom stereocenters. The molecule has 0 aromatic rings. The molecule has 1 saturated carbocycles. The SMILES string of the molecule is CCOC1(C(=O)C2CCOCC2)CCC(C)CC1. The molecule has 104 valence electrons. The molecule has 1 saturated heterocycles. The fraction of sp³-hybridized carbons (Fsp3) is 0.933. The molecule has 1 heterocycles. The van der Waals surface area contributed by atoms with Gasteiger partial charge in [0, 0.05) is 25.7 Å². The molecule has 0 spiro atoms. The van der Waals surface area contributed by atoms with Gasteiger partial charge in [-0.05, 0) is 51.4 Å². The summed E-state index contributed by atoms with van der Waals surface area (Å²) in [5.41, 5.74) is -0.469. The minimum Gasteiger partial charge on any atom is -0.381 e. The van der Waals surface area contributed by atoms with Crippen molar-refractivity contribution >= 4 is 5.78 Å². The maximum atomic E-state index is 12.8. The van der Waals surface area contributed by atoms with Crippen LogP contribution in [0, 0.1) is 11.8 Å². The zero-order valence-electron chi connectivity index (χ0n) is 11.7. The van der Waals surface area contributed by atoms with E-state index in [2.05, 4.69) is 6.92 Å². The van der Waals surface area contributed by atoms with Crippen LogP contribution in [-0.2, 0) is 14.3 Å². The zero-order valence-corrected chi connectivity index (χ0v) is 11.7. The Morgan fingerprint density at radius 3 is 2.39 bits per heavy atom. The molecule has 3 nitrogen and oxygen atoms in total. The number of carbonyl (C=O) groups excluding carboxylic acids is 1. The fourth-order valence-electron chi connectivity index (χ4n) is 3.30. The van der Waals surface area contributed by atoms with Gasteiger partial charge in [-0.1, -0.05) is 6.92 Å². The van der Waals surface area contributed by atoms with Crippen LogP contribution in [0.4, 0.5) is 0 Å². The lowest BCUT2D eigenvalue weighted by atomic mass is 9.72. The number of ketones is 1. The minimum atomic E-state index is -0.469. The maximum Gasteiger partial charge on any atom is 0.167 e. The Morgan fingerprint density at radius 2 is 1.83 bits per heavy atom. The molecule has 2 rings (SSSR count). The molecule has 0 radical (unpaired) electrons. The summed E-state index contributed by atoms with van der Waals surface area (Å²) >= 11 is 0. The van der Waals surface area contributed by atoms with Crippen LogP contribution in [0.2, 0.25) is 0 Å². The van der Waals surface area contributed by atoms with E-state index in [0.717, 1.165) is 57.7 Å². The molecule has 1 aliphatic heterocycles. The summed E-state index contributed by atoms with van der Waals surface area (Å²) < 4.78 is 11.3. The highest BCUT2D eigenvalue weighted by molar-refractivity contribution is 5.89. The van der Waals surface area contributed by atoms with E-state index in [9.17, 15) is 4.79 Å². The second-order valence-corrected chi connectivity index (χ2v) is 5.86. The molecule has 0 N–H and O–H groups in total. The molecule has 1 aliphatic carbocycles. The van der Waals surface area contributed by atoms with Crippen molar-refractivity contribution in [1.29, 1.82) is 0 Å². The normalized spacial score (nSPS) is 34.4. The molecule has 0 amide bonds. The van der Waals surface area contributed by atoms with Crippen molar-refractivity contribution in [3.8, 4) is 0 Å². The summed E-state index contributed by atoms with van der Waals surface area (Å²) in [5, 5.41) is 0. The Labute approximate surface area is 110 Å². The van der Waals surface area contributed by atoms with Gasteiger partial charge in [0.05, 0.1) is 0 Å². The molecule has 0 bridgehead atoms. The van der Waals surface area contributed by atoms with Gasteiger partial charge in [-0.2, -0.15) is 0 Å². The first-order chi connectivity index (χ1) is 8.68. The van der Waals surface area contributed by atoms with Crippen molar-refractivity contribution in [3.05, 3.63) is 0 Å². The Kier molecular flexibility index (Phi) is 4.79. The van der Waals surface area contributed by atoms with Crippen molar-refractivity contribution in [3.63, 3.8) is 0 Å². The number of hydrogen-bond donors (Lipinski definition) is 0. The van der Waals surface area contributed by atoms with E-state index in [1.165, 1.54) is 0 Å².